The van der Waals surface area contributed by atoms with E-state index in [1.165, 1.54) is 24.8 Å². The van der Waals surface area contributed by atoms with Crippen LogP contribution in [0.1, 0.15) is 51.9 Å². The number of allylic oxidation sites excluding steroid dienone is 1. The Hall–Kier alpha value is -0.990. The lowest BCUT2D eigenvalue weighted by Crippen LogP contribution is -2.33. The van der Waals surface area contributed by atoms with E-state index < -0.39 is 0 Å². The molecule has 0 aromatic rings. The van der Waals surface area contributed by atoms with E-state index in [2.05, 4.69) is 17.6 Å². The van der Waals surface area contributed by atoms with Crippen molar-refractivity contribution in [1.29, 1.82) is 0 Å². The van der Waals surface area contributed by atoms with Crippen molar-refractivity contribution in [1.82, 2.24) is 10.6 Å². The summed E-state index contributed by atoms with van der Waals surface area (Å²) in [6.07, 6.45) is 10.2. The van der Waals surface area contributed by atoms with Gasteiger partial charge in [0.1, 0.15) is 0 Å². The number of rotatable bonds is 4. The molecule has 3 nitrogen and oxygen atoms in total. The van der Waals surface area contributed by atoms with Crippen LogP contribution in [0.4, 0.5) is 4.79 Å². The fraction of sp³-hybridized carbons (Fsp3) is 0.750. The molecule has 0 atom stereocenters. The first-order chi connectivity index (χ1) is 7.33. The van der Waals surface area contributed by atoms with E-state index in [1.807, 2.05) is 6.20 Å². The number of amides is 2. The fourth-order valence-corrected chi connectivity index (χ4v) is 1.75. The highest BCUT2D eigenvalue weighted by molar-refractivity contribution is 5.74. The Balaban J connectivity index is 2.14. The summed E-state index contributed by atoms with van der Waals surface area (Å²) in [4.78, 5) is 11.3. The van der Waals surface area contributed by atoms with Crippen molar-refractivity contribution in [2.24, 2.45) is 0 Å². The second kappa shape index (κ2) is 7.32. The molecule has 3 heteroatoms. The van der Waals surface area contributed by atoms with Gasteiger partial charge < -0.3 is 10.6 Å². The molecule has 0 aromatic carbocycles. The van der Waals surface area contributed by atoms with Gasteiger partial charge >= 0.3 is 6.03 Å². The Kier molecular flexibility index (Phi) is 5.90. The highest BCUT2D eigenvalue weighted by Gasteiger charge is 2.05. The molecule has 1 aliphatic carbocycles. The first kappa shape index (κ1) is 12.1. The highest BCUT2D eigenvalue weighted by Crippen LogP contribution is 2.21. The first-order valence-electron chi connectivity index (χ1n) is 6.05. The number of nitrogens with one attached hydrogen (secondary N) is 2. The average molecular weight is 210 g/mol. The van der Waals surface area contributed by atoms with E-state index in [0.29, 0.717) is 0 Å². The van der Waals surface area contributed by atoms with Crippen molar-refractivity contribution in [2.75, 3.05) is 6.54 Å². The molecule has 86 valence electrons. The Morgan fingerprint density at radius 2 is 2.07 bits per heavy atom. The third-order valence-corrected chi connectivity index (χ3v) is 2.72. The second-order valence-electron chi connectivity index (χ2n) is 4.12. The SMILES string of the molecule is CCCCNC(=O)NC=C1CCCCC1. The molecule has 0 bridgehead atoms. The molecule has 0 saturated heterocycles. The number of hydrogen-bond donors (Lipinski definition) is 2. The van der Waals surface area contributed by atoms with Crippen LogP contribution in [0.15, 0.2) is 11.8 Å². The number of carbonyl (C=O) groups is 1. The van der Waals surface area contributed by atoms with Crippen LogP contribution in [-0.4, -0.2) is 12.6 Å². The van der Waals surface area contributed by atoms with Gasteiger partial charge in [0.05, 0.1) is 0 Å². The van der Waals surface area contributed by atoms with Crippen LogP contribution in [0, 0.1) is 0 Å². The lowest BCUT2D eigenvalue weighted by atomic mass is 9.96. The standard InChI is InChI=1S/C12H22N2O/c1-2-3-9-13-12(15)14-10-11-7-5-4-6-8-11/h10H,2-9H2,1H3,(H2,13,14,15). The Labute approximate surface area is 92.3 Å². The molecule has 0 unspecified atom stereocenters. The van der Waals surface area contributed by atoms with Crippen LogP contribution in [-0.2, 0) is 0 Å². The number of urea groups is 1. The van der Waals surface area contributed by atoms with Gasteiger partial charge in [0, 0.05) is 12.7 Å². The van der Waals surface area contributed by atoms with E-state index in [1.54, 1.807) is 0 Å². The highest BCUT2D eigenvalue weighted by atomic mass is 16.2. The monoisotopic (exact) mass is 210 g/mol. The topological polar surface area (TPSA) is 41.1 Å². The minimum Gasteiger partial charge on any atom is -0.338 e. The lowest BCUT2D eigenvalue weighted by Gasteiger charge is -2.13. The molecule has 0 heterocycles. The van der Waals surface area contributed by atoms with Crippen LogP contribution in [0.5, 0.6) is 0 Å². The van der Waals surface area contributed by atoms with Gasteiger partial charge in [0.15, 0.2) is 0 Å². The maximum atomic E-state index is 11.3. The molecule has 0 aliphatic heterocycles. The van der Waals surface area contributed by atoms with Crippen LogP contribution in [0.25, 0.3) is 0 Å². The summed E-state index contributed by atoms with van der Waals surface area (Å²) in [6.45, 7) is 2.88. The fourth-order valence-electron chi connectivity index (χ4n) is 1.75. The van der Waals surface area contributed by atoms with Crippen molar-refractivity contribution in [3.05, 3.63) is 11.8 Å². The molecule has 2 amide bonds. The van der Waals surface area contributed by atoms with Crippen molar-refractivity contribution in [2.45, 2.75) is 51.9 Å². The summed E-state index contributed by atoms with van der Waals surface area (Å²) in [7, 11) is 0. The van der Waals surface area contributed by atoms with Crippen molar-refractivity contribution in [3.63, 3.8) is 0 Å². The predicted molar refractivity (Wildman–Crippen MR) is 62.6 cm³/mol. The van der Waals surface area contributed by atoms with Gasteiger partial charge in [-0.3, -0.25) is 0 Å². The van der Waals surface area contributed by atoms with E-state index in [4.69, 9.17) is 0 Å². The lowest BCUT2D eigenvalue weighted by molar-refractivity contribution is 0.244. The minimum atomic E-state index is -0.0680. The van der Waals surface area contributed by atoms with Gasteiger partial charge in [-0.1, -0.05) is 25.3 Å². The zero-order valence-electron chi connectivity index (χ0n) is 9.64. The number of unbranched alkanes of at least 4 members (excludes halogenated alkanes) is 1. The molecule has 1 rings (SSSR count). The van der Waals surface area contributed by atoms with Crippen LogP contribution in [0.3, 0.4) is 0 Å². The Bertz CT molecular complexity index is 216. The molecular formula is C12H22N2O. The quantitative estimate of drug-likeness (QED) is 0.688. The molecular weight excluding hydrogens is 188 g/mol. The van der Waals surface area contributed by atoms with Gasteiger partial charge in [0.2, 0.25) is 0 Å². The Morgan fingerprint density at radius 3 is 2.73 bits per heavy atom. The van der Waals surface area contributed by atoms with E-state index in [9.17, 15) is 4.79 Å². The summed E-state index contributed by atoms with van der Waals surface area (Å²) in [5.74, 6) is 0. The third-order valence-electron chi connectivity index (χ3n) is 2.72. The Morgan fingerprint density at radius 1 is 1.33 bits per heavy atom. The summed E-state index contributed by atoms with van der Waals surface area (Å²) >= 11 is 0. The zero-order chi connectivity index (χ0) is 10.9. The predicted octanol–water partition coefficient (Wildman–Crippen LogP) is 2.93. The molecule has 0 radical (unpaired) electrons. The van der Waals surface area contributed by atoms with E-state index in [0.717, 1.165) is 32.2 Å². The van der Waals surface area contributed by atoms with Gasteiger partial charge in [0.25, 0.3) is 0 Å². The summed E-state index contributed by atoms with van der Waals surface area (Å²) in [6, 6.07) is -0.0680. The van der Waals surface area contributed by atoms with Gasteiger partial charge in [-0.05, 0) is 32.1 Å². The largest absolute Gasteiger partial charge is 0.338 e. The molecule has 1 saturated carbocycles. The third kappa shape index (κ3) is 5.45. The van der Waals surface area contributed by atoms with Crippen LogP contribution >= 0.6 is 0 Å². The van der Waals surface area contributed by atoms with Crippen molar-refractivity contribution < 1.29 is 4.79 Å². The molecule has 1 aliphatic rings. The molecule has 2 N–H and O–H groups in total. The van der Waals surface area contributed by atoms with Crippen LogP contribution < -0.4 is 10.6 Å². The van der Waals surface area contributed by atoms with Gasteiger partial charge in [-0.15, -0.1) is 0 Å². The maximum absolute atomic E-state index is 11.3. The van der Waals surface area contributed by atoms with E-state index >= 15 is 0 Å². The normalized spacial score (nSPS) is 15.9. The smallest absolute Gasteiger partial charge is 0.318 e. The van der Waals surface area contributed by atoms with Crippen LogP contribution in [0.2, 0.25) is 0 Å². The minimum absolute atomic E-state index is 0.0680. The molecule has 0 aromatic heterocycles. The summed E-state index contributed by atoms with van der Waals surface area (Å²) < 4.78 is 0. The molecule has 15 heavy (non-hydrogen) atoms. The summed E-state index contributed by atoms with van der Waals surface area (Å²) in [5, 5.41) is 5.63. The van der Waals surface area contributed by atoms with Crippen molar-refractivity contribution >= 4 is 6.03 Å². The van der Waals surface area contributed by atoms with E-state index in [-0.39, 0.29) is 6.03 Å². The first-order valence-corrected chi connectivity index (χ1v) is 6.05. The second-order valence-corrected chi connectivity index (χ2v) is 4.12. The van der Waals surface area contributed by atoms with Gasteiger partial charge in [-0.2, -0.15) is 0 Å². The zero-order valence-corrected chi connectivity index (χ0v) is 9.64. The summed E-state index contributed by atoms with van der Waals surface area (Å²) in [5.41, 5.74) is 1.38. The molecule has 1 fully saturated rings. The van der Waals surface area contributed by atoms with Crippen molar-refractivity contribution in [3.8, 4) is 0 Å². The molecule has 0 spiro atoms. The maximum Gasteiger partial charge on any atom is 0.318 e. The number of hydrogen-bond acceptors (Lipinski definition) is 1. The average Bonchev–Trinajstić information content (AvgIpc) is 2.28. The number of carbonyl (C=O) groups excluding carboxylic acids is 1. The van der Waals surface area contributed by atoms with Gasteiger partial charge in [-0.25, -0.2) is 4.79 Å².